The summed E-state index contributed by atoms with van der Waals surface area (Å²) in [4.78, 5) is 16.5. The lowest BCUT2D eigenvalue weighted by atomic mass is 10.1. The number of amides is 1. The third-order valence-electron chi connectivity index (χ3n) is 3.73. The molecular formula is C15H23N3O. The van der Waals surface area contributed by atoms with Crippen molar-refractivity contribution in [3.63, 3.8) is 0 Å². The second kappa shape index (κ2) is 6.06. The van der Waals surface area contributed by atoms with E-state index in [1.807, 2.05) is 29.2 Å². The van der Waals surface area contributed by atoms with E-state index in [0.29, 0.717) is 12.5 Å². The van der Waals surface area contributed by atoms with Gasteiger partial charge in [-0.15, -0.1) is 0 Å². The number of carbonyl (C=O) groups is 1. The van der Waals surface area contributed by atoms with Crippen LogP contribution < -0.4 is 5.73 Å². The van der Waals surface area contributed by atoms with Crippen LogP contribution in [0.25, 0.3) is 0 Å². The van der Waals surface area contributed by atoms with Crippen molar-refractivity contribution in [2.24, 2.45) is 0 Å². The third kappa shape index (κ3) is 3.70. The third-order valence-corrected chi connectivity index (χ3v) is 3.73. The van der Waals surface area contributed by atoms with E-state index >= 15 is 0 Å². The predicted molar refractivity (Wildman–Crippen MR) is 77.8 cm³/mol. The van der Waals surface area contributed by atoms with Crippen LogP contribution in [0.3, 0.4) is 0 Å². The average molecular weight is 261 g/mol. The minimum absolute atomic E-state index is 0.253. The van der Waals surface area contributed by atoms with Crippen LogP contribution >= 0.6 is 0 Å². The Balaban J connectivity index is 1.87. The van der Waals surface area contributed by atoms with Gasteiger partial charge >= 0.3 is 0 Å². The van der Waals surface area contributed by atoms with Gasteiger partial charge in [-0.05, 0) is 38.1 Å². The quantitative estimate of drug-likeness (QED) is 0.836. The predicted octanol–water partition coefficient (Wildman–Crippen LogP) is 1.36. The molecule has 4 heteroatoms. The van der Waals surface area contributed by atoms with Gasteiger partial charge < -0.3 is 15.5 Å². The molecule has 0 aliphatic carbocycles. The number of hydrogen-bond donors (Lipinski definition) is 1. The molecule has 0 radical (unpaired) electrons. The number of nitrogens with two attached hydrogens (primary N) is 1. The molecule has 1 saturated heterocycles. The van der Waals surface area contributed by atoms with Crippen LogP contribution in [0.15, 0.2) is 24.3 Å². The summed E-state index contributed by atoms with van der Waals surface area (Å²) in [5.41, 5.74) is 7.64. The zero-order chi connectivity index (χ0) is 13.8. The molecule has 0 saturated carbocycles. The number of likely N-dealkylation sites (N-methyl/N-ethyl adjacent to an activating group) is 1. The van der Waals surface area contributed by atoms with Gasteiger partial charge in [0.1, 0.15) is 0 Å². The van der Waals surface area contributed by atoms with Crippen molar-refractivity contribution in [3.8, 4) is 0 Å². The highest BCUT2D eigenvalue weighted by atomic mass is 16.2. The molecule has 104 valence electrons. The molecule has 1 heterocycles. The van der Waals surface area contributed by atoms with Gasteiger partial charge in [-0.3, -0.25) is 4.79 Å². The number of nitrogen functional groups attached to an aromatic ring is 1. The van der Waals surface area contributed by atoms with Gasteiger partial charge in [0.15, 0.2) is 0 Å². The van der Waals surface area contributed by atoms with Gasteiger partial charge in [0.2, 0.25) is 5.91 Å². The molecule has 0 spiro atoms. The Bertz CT molecular complexity index is 447. The standard InChI is InChI=1S/C15H23N3O/c1-12-11-17(2)8-9-18(12)15(19)7-6-13-4-3-5-14(16)10-13/h3-5,10,12H,6-9,11,16H2,1-2H3. The number of hydrogen-bond acceptors (Lipinski definition) is 3. The van der Waals surface area contributed by atoms with Crippen molar-refractivity contribution >= 4 is 11.6 Å². The van der Waals surface area contributed by atoms with Crippen LogP contribution in [-0.4, -0.2) is 48.4 Å². The minimum atomic E-state index is 0.253. The highest BCUT2D eigenvalue weighted by Crippen LogP contribution is 2.13. The highest BCUT2D eigenvalue weighted by molar-refractivity contribution is 5.77. The Morgan fingerprint density at radius 1 is 1.42 bits per heavy atom. The van der Waals surface area contributed by atoms with Crippen molar-refractivity contribution < 1.29 is 4.79 Å². The monoisotopic (exact) mass is 261 g/mol. The molecule has 19 heavy (non-hydrogen) atoms. The number of anilines is 1. The zero-order valence-corrected chi connectivity index (χ0v) is 11.8. The Morgan fingerprint density at radius 3 is 2.89 bits per heavy atom. The molecule has 1 amide bonds. The number of rotatable bonds is 3. The molecule has 0 bridgehead atoms. The van der Waals surface area contributed by atoms with Gasteiger partial charge in [-0.25, -0.2) is 0 Å². The summed E-state index contributed by atoms with van der Waals surface area (Å²) in [7, 11) is 2.10. The van der Waals surface area contributed by atoms with Crippen LogP contribution in [0.5, 0.6) is 0 Å². The number of carbonyl (C=O) groups excluding carboxylic acids is 1. The minimum Gasteiger partial charge on any atom is -0.399 e. The first-order valence-electron chi connectivity index (χ1n) is 6.88. The van der Waals surface area contributed by atoms with Crippen molar-refractivity contribution in [2.75, 3.05) is 32.4 Å². The fourth-order valence-electron chi connectivity index (χ4n) is 2.65. The second-order valence-corrected chi connectivity index (χ2v) is 5.44. The molecule has 1 atom stereocenters. The van der Waals surface area contributed by atoms with Crippen molar-refractivity contribution in [1.82, 2.24) is 9.80 Å². The molecule has 1 aromatic rings. The largest absolute Gasteiger partial charge is 0.399 e. The normalized spacial score (nSPS) is 20.5. The molecule has 1 fully saturated rings. The van der Waals surface area contributed by atoms with Gasteiger partial charge in [-0.2, -0.15) is 0 Å². The fraction of sp³-hybridized carbons (Fsp3) is 0.533. The number of benzene rings is 1. The number of piperazine rings is 1. The molecule has 1 unspecified atom stereocenters. The van der Waals surface area contributed by atoms with E-state index < -0.39 is 0 Å². The Kier molecular flexibility index (Phi) is 4.43. The maximum atomic E-state index is 12.2. The molecule has 1 aromatic carbocycles. The SMILES string of the molecule is CC1CN(C)CCN1C(=O)CCc1cccc(N)c1. The van der Waals surface area contributed by atoms with E-state index in [1.165, 1.54) is 0 Å². The van der Waals surface area contributed by atoms with E-state index in [1.54, 1.807) is 0 Å². The van der Waals surface area contributed by atoms with Gasteiger partial charge in [-0.1, -0.05) is 12.1 Å². The lowest BCUT2D eigenvalue weighted by Crippen LogP contribution is -2.52. The van der Waals surface area contributed by atoms with E-state index in [4.69, 9.17) is 5.73 Å². The Morgan fingerprint density at radius 2 is 2.21 bits per heavy atom. The van der Waals surface area contributed by atoms with Crippen LogP contribution in [0.1, 0.15) is 18.9 Å². The summed E-state index contributed by atoms with van der Waals surface area (Å²) < 4.78 is 0. The van der Waals surface area contributed by atoms with Crippen LogP contribution in [-0.2, 0) is 11.2 Å². The molecule has 2 N–H and O–H groups in total. The smallest absolute Gasteiger partial charge is 0.223 e. The van der Waals surface area contributed by atoms with Crippen LogP contribution in [0.4, 0.5) is 5.69 Å². The molecule has 0 aromatic heterocycles. The van der Waals surface area contributed by atoms with Gasteiger partial charge in [0.05, 0.1) is 0 Å². The zero-order valence-electron chi connectivity index (χ0n) is 11.8. The van der Waals surface area contributed by atoms with Gasteiger partial charge in [0.25, 0.3) is 0 Å². The molecule has 1 aliphatic rings. The topological polar surface area (TPSA) is 49.6 Å². The maximum absolute atomic E-state index is 12.2. The Hall–Kier alpha value is -1.55. The van der Waals surface area contributed by atoms with Crippen molar-refractivity contribution in [3.05, 3.63) is 29.8 Å². The van der Waals surface area contributed by atoms with Crippen molar-refractivity contribution in [2.45, 2.75) is 25.8 Å². The summed E-state index contributed by atoms with van der Waals surface area (Å²) in [6.07, 6.45) is 1.33. The summed E-state index contributed by atoms with van der Waals surface area (Å²) in [6, 6.07) is 8.09. The van der Waals surface area contributed by atoms with E-state index in [0.717, 1.165) is 37.3 Å². The molecule has 4 nitrogen and oxygen atoms in total. The highest BCUT2D eigenvalue weighted by Gasteiger charge is 2.25. The molecule has 1 aliphatic heterocycles. The van der Waals surface area contributed by atoms with Crippen LogP contribution in [0, 0.1) is 0 Å². The molecule has 2 rings (SSSR count). The summed E-state index contributed by atoms with van der Waals surface area (Å²) in [5, 5.41) is 0. The van der Waals surface area contributed by atoms with E-state index in [2.05, 4.69) is 18.9 Å². The average Bonchev–Trinajstić information content (AvgIpc) is 2.36. The van der Waals surface area contributed by atoms with Gasteiger partial charge in [0, 0.05) is 37.8 Å². The maximum Gasteiger partial charge on any atom is 0.223 e. The number of nitrogens with zero attached hydrogens (tertiary/aromatic N) is 2. The fourth-order valence-corrected chi connectivity index (χ4v) is 2.65. The summed E-state index contributed by atoms with van der Waals surface area (Å²) >= 11 is 0. The summed E-state index contributed by atoms with van der Waals surface area (Å²) in [6.45, 7) is 4.89. The second-order valence-electron chi connectivity index (χ2n) is 5.44. The lowest BCUT2D eigenvalue weighted by Gasteiger charge is -2.38. The first-order valence-corrected chi connectivity index (χ1v) is 6.88. The lowest BCUT2D eigenvalue weighted by molar-refractivity contribution is -0.135. The first kappa shape index (κ1) is 13.9. The summed E-state index contributed by atoms with van der Waals surface area (Å²) in [5.74, 6) is 0.253. The Labute approximate surface area is 115 Å². The van der Waals surface area contributed by atoms with E-state index in [-0.39, 0.29) is 5.91 Å². The first-order chi connectivity index (χ1) is 9.06. The van der Waals surface area contributed by atoms with E-state index in [9.17, 15) is 4.79 Å². The number of aryl methyl sites for hydroxylation is 1. The molecular weight excluding hydrogens is 238 g/mol. The van der Waals surface area contributed by atoms with Crippen molar-refractivity contribution in [1.29, 1.82) is 0 Å². The van der Waals surface area contributed by atoms with Crippen LogP contribution in [0.2, 0.25) is 0 Å².